The van der Waals surface area contributed by atoms with Crippen molar-refractivity contribution in [2.45, 2.75) is 46.1 Å². The van der Waals surface area contributed by atoms with E-state index in [9.17, 15) is 4.79 Å². The molecule has 0 bridgehead atoms. The van der Waals surface area contributed by atoms with Gasteiger partial charge in [0.15, 0.2) is 0 Å². The molecular weight excluding hydrogens is 415 g/mol. The summed E-state index contributed by atoms with van der Waals surface area (Å²) in [7, 11) is 0. The van der Waals surface area contributed by atoms with E-state index < -0.39 is 0 Å². The van der Waals surface area contributed by atoms with Crippen molar-refractivity contribution in [3.8, 4) is 0 Å². The van der Waals surface area contributed by atoms with Gasteiger partial charge in [0.05, 0.1) is 5.52 Å². The molecular formula is C25H26Cl2N2O. The Labute approximate surface area is 188 Å². The minimum absolute atomic E-state index is 0.146. The molecule has 1 amide bonds. The van der Waals surface area contributed by atoms with Crippen LogP contribution in [0.15, 0.2) is 42.5 Å². The highest BCUT2D eigenvalue weighted by atomic mass is 35.5. The highest BCUT2D eigenvalue weighted by Crippen LogP contribution is 2.30. The minimum atomic E-state index is 0.146. The lowest BCUT2D eigenvalue weighted by molar-refractivity contribution is -0.138. The van der Waals surface area contributed by atoms with Gasteiger partial charge in [0.25, 0.3) is 0 Å². The molecule has 5 heteroatoms. The van der Waals surface area contributed by atoms with Crippen molar-refractivity contribution < 1.29 is 4.79 Å². The Balaban J connectivity index is 1.58. The molecule has 1 saturated carbocycles. The maximum atomic E-state index is 13.1. The zero-order chi connectivity index (χ0) is 21.3. The van der Waals surface area contributed by atoms with Crippen LogP contribution in [0.4, 0.5) is 0 Å². The number of fused-ring (bicyclic) bond motifs is 1. The molecule has 2 aromatic carbocycles. The SMILES string of the molecule is Cc1cc2cc(CN(CCc3ccc(Cl)cc3)C(=O)C3CCC3)c(Cl)nc2cc1C. The first-order valence-corrected chi connectivity index (χ1v) is 11.3. The monoisotopic (exact) mass is 440 g/mol. The van der Waals surface area contributed by atoms with E-state index in [1.54, 1.807) is 0 Å². The van der Waals surface area contributed by atoms with Crippen molar-refractivity contribution in [3.05, 3.63) is 74.9 Å². The van der Waals surface area contributed by atoms with E-state index in [1.165, 1.54) is 16.7 Å². The van der Waals surface area contributed by atoms with Crippen molar-refractivity contribution in [2.75, 3.05) is 6.54 Å². The maximum Gasteiger partial charge on any atom is 0.225 e. The van der Waals surface area contributed by atoms with Gasteiger partial charge in [0, 0.05) is 35.0 Å². The molecule has 1 fully saturated rings. The summed E-state index contributed by atoms with van der Waals surface area (Å²) in [5.74, 6) is 0.374. The largest absolute Gasteiger partial charge is 0.338 e. The van der Waals surface area contributed by atoms with E-state index in [0.29, 0.717) is 18.2 Å². The number of hydrogen-bond acceptors (Lipinski definition) is 2. The molecule has 3 aromatic rings. The Morgan fingerprint density at radius 3 is 2.43 bits per heavy atom. The number of aryl methyl sites for hydroxylation is 2. The number of carbonyl (C=O) groups is 1. The number of benzene rings is 2. The number of hydrogen-bond donors (Lipinski definition) is 0. The zero-order valence-electron chi connectivity index (χ0n) is 17.4. The molecule has 1 aromatic heterocycles. The fourth-order valence-electron chi connectivity index (χ4n) is 3.87. The van der Waals surface area contributed by atoms with Crippen LogP contribution in [0, 0.1) is 19.8 Å². The van der Waals surface area contributed by atoms with Crippen LogP contribution in [0.25, 0.3) is 10.9 Å². The molecule has 0 N–H and O–H groups in total. The predicted octanol–water partition coefficient (Wildman–Crippen LogP) is 6.53. The third kappa shape index (κ3) is 4.63. The van der Waals surface area contributed by atoms with Crippen LogP contribution < -0.4 is 0 Å². The van der Waals surface area contributed by atoms with Gasteiger partial charge < -0.3 is 4.90 Å². The Bertz CT molecular complexity index is 1070. The number of pyridine rings is 1. The third-order valence-corrected chi connectivity index (χ3v) is 6.75. The van der Waals surface area contributed by atoms with Gasteiger partial charge in [-0.25, -0.2) is 4.98 Å². The molecule has 0 spiro atoms. The topological polar surface area (TPSA) is 33.2 Å². The molecule has 1 heterocycles. The zero-order valence-corrected chi connectivity index (χ0v) is 18.9. The lowest BCUT2D eigenvalue weighted by atomic mass is 9.84. The van der Waals surface area contributed by atoms with Gasteiger partial charge in [-0.05, 0) is 80.1 Å². The molecule has 3 nitrogen and oxygen atoms in total. The Kier molecular flexibility index (Phi) is 6.31. The molecule has 1 aliphatic rings. The first kappa shape index (κ1) is 21.1. The van der Waals surface area contributed by atoms with Crippen LogP contribution in [-0.4, -0.2) is 22.3 Å². The Morgan fingerprint density at radius 1 is 1.07 bits per heavy atom. The summed E-state index contributed by atoms with van der Waals surface area (Å²) in [6.45, 7) is 5.31. The number of carbonyl (C=O) groups excluding carboxylic acids is 1. The molecule has 0 unspecified atom stereocenters. The number of amides is 1. The van der Waals surface area contributed by atoms with Crippen molar-refractivity contribution in [1.29, 1.82) is 0 Å². The fourth-order valence-corrected chi connectivity index (χ4v) is 4.20. The van der Waals surface area contributed by atoms with Gasteiger partial charge in [-0.2, -0.15) is 0 Å². The van der Waals surface area contributed by atoms with Crippen molar-refractivity contribution in [1.82, 2.24) is 9.88 Å². The van der Waals surface area contributed by atoms with Crippen LogP contribution in [0.1, 0.15) is 41.5 Å². The lowest BCUT2D eigenvalue weighted by Gasteiger charge is -2.32. The second-order valence-electron chi connectivity index (χ2n) is 8.33. The number of aromatic nitrogens is 1. The third-order valence-electron chi connectivity index (χ3n) is 6.17. The molecule has 0 aliphatic heterocycles. The van der Waals surface area contributed by atoms with Crippen LogP contribution in [-0.2, 0) is 17.8 Å². The maximum absolute atomic E-state index is 13.1. The Morgan fingerprint density at radius 2 is 1.77 bits per heavy atom. The summed E-state index contributed by atoms with van der Waals surface area (Å²) in [4.78, 5) is 19.7. The van der Waals surface area contributed by atoms with E-state index >= 15 is 0 Å². The van der Waals surface area contributed by atoms with Gasteiger partial charge >= 0.3 is 0 Å². The first-order chi connectivity index (χ1) is 14.4. The van der Waals surface area contributed by atoms with E-state index in [0.717, 1.165) is 47.2 Å². The summed E-state index contributed by atoms with van der Waals surface area (Å²) >= 11 is 12.5. The molecule has 0 saturated heterocycles. The molecule has 0 atom stereocenters. The van der Waals surface area contributed by atoms with Crippen molar-refractivity contribution in [2.24, 2.45) is 5.92 Å². The van der Waals surface area contributed by atoms with Gasteiger partial charge in [0.1, 0.15) is 5.15 Å². The van der Waals surface area contributed by atoms with Crippen LogP contribution >= 0.6 is 23.2 Å². The lowest BCUT2D eigenvalue weighted by Crippen LogP contribution is -2.39. The molecule has 156 valence electrons. The smallest absolute Gasteiger partial charge is 0.225 e. The summed E-state index contributed by atoms with van der Waals surface area (Å²) < 4.78 is 0. The average Bonchev–Trinajstić information content (AvgIpc) is 2.67. The number of rotatable bonds is 6. The van der Waals surface area contributed by atoms with Crippen molar-refractivity contribution >= 4 is 40.0 Å². The Hall–Kier alpha value is -2.10. The minimum Gasteiger partial charge on any atom is -0.338 e. The summed E-state index contributed by atoms with van der Waals surface area (Å²) in [6.07, 6.45) is 3.89. The molecule has 0 radical (unpaired) electrons. The quantitative estimate of drug-likeness (QED) is 0.408. The van der Waals surface area contributed by atoms with Gasteiger partial charge in [-0.1, -0.05) is 41.8 Å². The number of halogens is 2. The van der Waals surface area contributed by atoms with E-state index in [2.05, 4.69) is 37.0 Å². The van der Waals surface area contributed by atoms with Crippen LogP contribution in [0.2, 0.25) is 10.2 Å². The highest BCUT2D eigenvalue weighted by molar-refractivity contribution is 6.30. The van der Waals surface area contributed by atoms with Gasteiger partial charge in [-0.3, -0.25) is 4.79 Å². The van der Waals surface area contributed by atoms with E-state index in [4.69, 9.17) is 23.2 Å². The van der Waals surface area contributed by atoms with Crippen molar-refractivity contribution in [3.63, 3.8) is 0 Å². The van der Waals surface area contributed by atoms with Crippen LogP contribution in [0.3, 0.4) is 0 Å². The number of nitrogens with zero attached hydrogens (tertiary/aromatic N) is 2. The average molecular weight is 441 g/mol. The predicted molar refractivity (Wildman–Crippen MR) is 124 cm³/mol. The first-order valence-electron chi connectivity index (χ1n) is 10.5. The molecule has 1 aliphatic carbocycles. The van der Waals surface area contributed by atoms with E-state index in [1.807, 2.05) is 29.2 Å². The summed E-state index contributed by atoms with van der Waals surface area (Å²) in [5, 5.41) is 2.26. The summed E-state index contributed by atoms with van der Waals surface area (Å²) in [6, 6.07) is 14.1. The standard InChI is InChI=1S/C25H26Cl2N2O/c1-16-12-20-14-21(24(27)28-23(20)13-17(16)2)15-29(25(30)19-4-3-5-19)11-10-18-6-8-22(26)9-7-18/h6-9,12-14,19H,3-5,10-11,15H2,1-2H3. The van der Waals surface area contributed by atoms with E-state index in [-0.39, 0.29) is 11.8 Å². The molecule has 4 rings (SSSR count). The fraction of sp³-hybridized carbons (Fsp3) is 0.360. The van der Waals surface area contributed by atoms with Gasteiger partial charge in [0.2, 0.25) is 5.91 Å². The summed E-state index contributed by atoms with van der Waals surface area (Å²) in [5.41, 5.74) is 5.38. The molecule has 30 heavy (non-hydrogen) atoms. The second kappa shape index (κ2) is 8.95. The highest BCUT2D eigenvalue weighted by Gasteiger charge is 2.29. The normalized spacial score (nSPS) is 14.0. The van der Waals surface area contributed by atoms with Gasteiger partial charge in [-0.15, -0.1) is 0 Å². The van der Waals surface area contributed by atoms with Crippen LogP contribution in [0.5, 0.6) is 0 Å². The second-order valence-corrected chi connectivity index (χ2v) is 9.13.